The maximum atomic E-state index is 5.37. The molecule has 0 bridgehead atoms. The molecule has 13 heavy (non-hydrogen) atoms. The van der Waals surface area contributed by atoms with E-state index in [1.54, 1.807) is 0 Å². The lowest BCUT2D eigenvalue weighted by atomic mass is 10.3. The summed E-state index contributed by atoms with van der Waals surface area (Å²) in [5.74, 6) is 0. The Labute approximate surface area is 81.6 Å². The lowest BCUT2D eigenvalue weighted by molar-refractivity contribution is 0.546. The molecule has 5 N–H and O–H groups in total. The maximum Gasteiger partial charge on any atom is 0.0454 e. The fourth-order valence-corrected chi connectivity index (χ4v) is 1.05. The Kier molecular flexibility index (Phi) is 11.7. The predicted octanol–water partition coefficient (Wildman–Crippen LogP) is -0.528. The van der Waals surface area contributed by atoms with Gasteiger partial charge in [0, 0.05) is 6.67 Å². The second-order valence-electron chi connectivity index (χ2n) is 3.13. The molecule has 0 unspecified atom stereocenters. The average Bonchev–Trinajstić information content (AvgIpc) is 2.16. The highest BCUT2D eigenvalue weighted by molar-refractivity contribution is 4.50. The van der Waals surface area contributed by atoms with Gasteiger partial charge in [-0.15, -0.1) is 0 Å². The molecule has 0 rings (SSSR count). The molecule has 0 heterocycles. The number of unbranched alkanes of at least 4 members (excludes halogenated alkanes) is 1. The first-order chi connectivity index (χ1) is 6.41. The minimum absolute atomic E-state index is 0.803. The van der Waals surface area contributed by atoms with Gasteiger partial charge in [-0.2, -0.15) is 0 Å². The minimum atomic E-state index is 0.803. The number of nitrogens with one attached hydrogen (secondary N) is 3. The highest BCUT2D eigenvalue weighted by atomic mass is 15.0. The van der Waals surface area contributed by atoms with E-state index >= 15 is 0 Å². The van der Waals surface area contributed by atoms with E-state index in [0.29, 0.717) is 0 Å². The molecule has 0 fully saturated rings. The maximum absolute atomic E-state index is 5.37. The van der Waals surface area contributed by atoms with Crippen molar-refractivity contribution in [2.24, 2.45) is 5.73 Å². The van der Waals surface area contributed by atoms with Crippen LogP contribution in [0, 0.1) is 0 Å². The smallest absolute Gasteiger partial charge is 0.0454 e. The van der Waals surface area contributed by atoms with E-state index in [2.05, 4.69) is 16.0 Å². The van der Waals surface area contributed by atoms with Crippen LogP contribution in [0.25, 0.3) is 0 Å². The Balaban J connectivity index is 2.76. The first kappa shape index (κ1) is 12.8. The molecule has 0 aromatic carbocycles. The molecule has 0 aromatic heterocycles. The SMILES string of the molecule is CNCCCNCNCCCCN. The van der Waals surface area contributed by atoms with Crippen LogP contribution in [0.2, 0.25) is 0 Å². The zero-order valence-corrected chi connectivity index (χ0v) is 8.73. The molecule has 0 spiro atoms. The van der Waals surface area contributed by atoms with E-state index in [4.69, 9.17) is 5.73 Å². The summed E-state index contributed by atoms with van der Waals surface area (Å²) < 4.78 is 0. The summed E-state index contributed by atoms with van der Waals surface area (Å²) in [4.78, 5) is 0. The molecule has 0 atom stereocenters. The molecule has 0 aromatic rings. The van der Waals surface area contributed by atoms with Gasteiger partial charge < -0.3 is 21.7 Å². The zero-order chi connectivity index (χ0) is 9.78. The lowest BCUT2D eigenvalue weighted by Gasteiger charge is -2.05. The van der Waals surface area contributed by atoms with Crippen LogP contribution in [-0.4, -0.2) is 39.9 Å². The van der Waals surface area contributed by atoms with Gasteiger partial charge >= 0.3 is 0 Å². The summed E-state index contributed by atoms with van der Waals surface area (Å²) in [5, 5.41) is 9.74. The highest BCUT2D eigenvalue weighted by Crippen LogP contribution is 1.80. The number of rotatable bonds is 10. The highest BCUT2D eigenvalue weighted by Gasteiger charge is 1.87. The summed E-state index contributed by atoms with van der Waals surface area (Å²) in [5.41, 5.74) is 5.37. The topological polar surface area (TPSA) is 62.1 Å². The number of hydrogen-bond acceptors (Lipinski definition) is 4. The number of nitrogens with two attached hydrogens (primary N) is 1. The third-order valence-corrected chi connectivity index (χ3v) is 1.84. The van der Waals surface area contributed by atoms with Crippen LogP contribution in [-0.2, 0) is 0 Å². The zero-order valence-electron chi connectivity index (χ0n) is 8.73. The summed E-state index contributed by atoms with van der Waals surface area (Å²) in [6.45, 7) is 4.94. The van der Waals surface area contributed by atoms with Crippen LogP contribution in [0.4, 0.5) is 0 Å². The Morgan fingerprint density at radius 2 is 1.62 bits per heavy atom. The van der Waals surface area contributed by atoms with Crippen LogP contribution in [0.1, 0.15) is 19.3 Å². The summed E-state index contributed by atoms with van der Waals surface area (Å²) in [7, 11) is 1.98. The summed E-state index contributed by atoms with van der Waals surface area (Å²) in [6.07, 6.45) is 3.47. The third-order valence-electron chi connectivity index (χ3n) is 1.84. The van der Waals surface area contributed by atoms with E-state index in [1.807, 2.05) is 7.05 Å². The molecule has 80 valence electrons. The molecule has 0 saturated heterocycles. The number of hydrogen-bond donors (Lipinski definition) is 4. The van der Waals surface area contributed by atoms with Crippen molar-refractivity contribution in [1.82, 2.24) is 16.0 Å². The van der Waals surface area contributed by atoms with Gasteiger partial charge in [0.15, 0.2) is 0 Å². The normalized spacial score (nSPS) is 10.6. The van der Waals surface area contributed by atoms with E-state index in [1.165, 1.54) is 12.8 Å². The van der Waals surface area contributed by atoms with Crippen molar-refractivity contribution in [3.63, 3.8) is 0 Å². The molecule has 0 aliphatic rings. The molecule has 0 saturated carbocycles. The molecular weight excluding hydrogens is 164 g/mol. The quantitative estimate of drug-likeness (QED) is 0.275. The van der Waals surface area contributed by atoms with Gasteiger partial charge in [-0.1, -0.05) is 0 Å². The lowest BCUT2D eigenvalue weighted by Crippen LogP contribution is -2.31. The molecular formula is C9H24N4. The van der Waals surface area contributed by atoms with Crippen molar-refractivity contribution in [2.45, 2.75) is 19.3 Å². The average molecular weight is 188 g/mol. The monoisotopic (exact) mass is 188 g/mol. The molecule has 0 amide bonds. The van der Waals surface area contributed by atoms with E-state index in [-0.39, 0.29) is 0 Å². The van der Waals surface area contributed by atoms with E-state index < -0.39 is 0 Å². The first-order valence-electron chi connectivity index (χ1n) is 5.18. The summed E-state index contributed by atoms with van der Waals surface area (Å²) >= 11 is 0. The standard InChI is InChI=1S/C9H24N4/c1-11-6-4-8-13-9-12-7-3-2-5-10/h11-13H,2-10H2,1H3. The predicted molar refractivity (Wildman–Crippen MR) is 57.7 cm³/mol. The molecule has 0 aliphatic carbocycles. The largest absolute Gasteiger partial charge is 0.330 e. The second kappa shape index (κ2) is 11.8. The van der Waals surface area contributed by atoms with Gasteiger partial charge in [-0.25, -0.2) is 0 Å². The van der Waals surface area contributed by atoms with E-state index in [9.17, 15) is 0 Å². The molecule has 4 nitrogen and oxygen atoms in total. The Morgan fingerprint density at radius 1 is 0.923 bits per heavy atom. The van der Waals surface area contributed by atoms with Crippen LogP contribution in [0.3, 0.4) is 0 Å². The second-order valence-corrected chi connectivity index (χ2v) is 3.13. The first-order valence-corrected chi connectivity index (χ1v) is 5.18. The van der Waals surface area contributed by atoms with Gasteiger partial charge in [-0.05, 0) is 52.5 Å². The summed E-state index contributed by atoms with van der Waals surface area (Å²) in [6, 6.07) is 0. The van der Waals surface area contributed by atoms with Crippen LogP contribution < -0.4 is 21.7 Å². The van der Waals surface area contributed by atoms with Crippen molar-refractivity contribution in [3.05, 3.63) is 0 Å². The Hall–Kier alpha value is -0.160. The van der Waals surface area contributed by atoms with Crippen molar-refractivity contribution in [2.75, 3.05) is 39.9 Å². The van der Waals surface area contributed by atoms with Gasteiger partial charge in [0.2, 0.25) is 0 Å². The van der Waals surface area contributed by atoms with Gasteiger partial charge in [0.25, 0.3) is 0 Å². The van der Waals surface area contributed by atoms with E-state index in [0.717, 1.165) is 39.3 Å². The minimum Gasteiger partial charge on any atom is -0.330 e. The molecule has 0 radical (unpaired) electrons. The van der Waals surface area contributed by atoms with Gasteiger partial charge in [0.1, 0.15) is 0 Å². The molecule has 4 heteroatoms. The van der Waals surface area contributed by atoms with Gasteiger partial charge in [-0.3, -0.25) is 0 Å². The van der Waals surface area contributed by atoms with Crippen molar-refractivity contribution in [1.29, 1.82) is 0 Å². The van der Waals surface area contributed by atoms with Crippen molar-refractivity contribution < 1.29 is 0 Å². The van der Waals surface area contributed by atoms with Crippen LogP contribution in [0.15, 0.2) is 0 Å². The Morgan fingerprint density at radius 3 is 2.23 bits per heavy atom. The van der Waals surface area contributed by atoms with Crippen molar-refractivity contribution in [3.8, 4) is 0 Å². The third kappa shape index (κ3) is 11.8. The van der Waals surface area contributed by atoms with Crippen LogP contribution >= 0.6 is 0 Å². The van der Waals surface area contributed by atoms with Crippen molar-refractivity contribution >= 4 is 0 Å². The van der Waals surface area contributed by atoms with Gasteiger partial charge in [0.05, 0.1) is 0 Å². The van der Waals surface area contributed by atoms with Crippen LogP contribution in [0.5, 0.6) is 0 Å². The molecule has 0 aliphatic heterocycles. The fraction of sp³-hybridized carbons (Fsp3) is 1.00. The Bertz CT molecular complexity index is 77.7. The fourth-order valence-electron chi connectivity index (χ4n) is 1.05.